The lowest BCUT2D eigenvalue weighted by Gasteiger charge is -2.19. The quantitative estimate of drug-likeness (QED) is 0.666. The number of hydrogen-bond donors (Lipinski definition) is 1. The van der Waals surface area contributed by atoms with Gasteiger partial charge in [-0.2, -0.15) is 0 Å². The maximum Gasteiger partial charge on any atom is 0.309 e. The van der Waals surface area contributed by atoms with Crippen molar-refractivity contribution < 1.29 is 19.4 Å². The number of ether oxygens (including phenoxy) is 1. The second-order valence-electron chi connectivity index (χ2n) is 3.12. The molecule has 0 aromatic heterocycles. The van der Waals surface area contributed by atoms with E-state index in [2.05, 4.69) is 0 Å². The summed E-state index contributed by atoms with van der Waals surface area (Å²) in [4.78, 5) is 22.2. The highest BCUT2D eigenvalue weighted by Crippen LogP contribution is 2.21. The summed E-state index contributed by atoms with van der Waals surface area (Å²) in [6.45, 7) is 5.57. The van der Waals surface area contributed by atoms with Crippen molar-refractivity contribution in [2.75, 3.05) is 6.61 Å². The van der Waals surface area contributed by atoms with E-state index in [0.29, 0.717) is 19.4 Å². The highest BCUT2D eigenvalue weighted by Gasteiger charge is 2.31. The molecule has 0 aromatic rings. The molecule has 0 fully saturated rings. The van der Waals surface area contributed by atoms with E-state index in [1.165, 1.54) is 0 Å². The lowest BCUT2D eigenvalue weighted by atomic mass is 9.88. The van der Waals surface area contributed by atoms with E-state index in [0.717, 1.165) is 0 Å². The number of carboxylic acids is 1. The largest absolute Gasteiger partial charge is 0.481 e. The number of carboxylic acid groups (broad SMARTS) is 1. The summed E-state index contributed by atoms with van der Waals surface area (Å²) >= 11 is 0. The van der Waals surface area contributed by atoms with Gasteiger partial charge in [-0.1, -0.05) is 13.8 Å². The molecular formula is C10H18O4. The predicted octanol–water partition coefficient (Wildman–Crippen LogP) is 1.69. The van der Waals surface area contributed by atoms with Gasteiger partial charge in [0.25, 0.3) is 0 Å². The van der Waals surface area contributed by atoms with Crippen molar-refractivity contribution in [2.24, 2.45) is 11.8 Å². The molecule has 1 N–H and O–H groups in total. The van der Waals surface area contributed by atoms with Gasteiger partial charge in [-0.25, -0.2) is 0 Å². The van der Waals surface area contributed by atoms with Crippen molar-refractivity contribution in [3.63, 3.8) is 0 Å². The Hall–Kier alpha value is -1.06. The number of esters is 1. The number of hydrogen-bond acceptors (Lipinski definition) is 3. The summed E-state index contributed by atoms with van der Waals surface area (Å²) in [7, 11) is 0. The lowest BCUT2D eigenvalue weighted by Crippen LogP contribution is -2.30. The molecule has 0 radical (unpaired) electrons. The van der Waals surface area contributed by atoms with Crippen LogP contribution < -0.4 is 0 Å². The fraction of sp³-hybridized carbons (Fsp3) is 0.800. The van der Waals surface area contributed by atoms with E-state index < -0.39 is 23.8 Å². The number of rotatable bonds is 6. The first-order valence-corrected chi connectivity index (χ1v) is 4.97. The van der Waals surface area contributed by atoms with Crippen molar-refractivity contribution in [2.45, 2.75) is 33.6 Å². The summed E-state index contributed by atoms with van der Waals surface area (Å²) < 4.78 is 4.83. The molecule has 14 heavy (non-hydrogen) atoms. The van der Waals surface area contributed by atoms with Crippen LogP contribution in [0.25, 0.3) is 0 Å². The van der Waals surface area contributed by atoms with E-state index in [-0.39, 0.29) is 0 Å². The zero-order valence-corrected chi connectivity index (χ0v) is 8.95. The maximum absolute atomic E-state index is 11.4. The molecule has 0 spiro atoms. The molecule has 0 heterocycles. The second-order valence-corrected chi connectivity index (χ2v) is 3.12. The average molecular weight is 202 g/mol. The maximum atomic E-state index is 11.4. The third-order valence-electron chi connectivity index (χ3n) is 2.27. The summed E-state index contributed by atoms with van der Waals surface area (Å²) in [5.74, 6) is -2.46. The SMILES string of the molecule is CCOC(=O)C(CC)C(CC)C(=O)O. The van der Waals surface area contributed by atoms with Crippen molar-refractivity contribution in [1.82, 2.24) is 0 Å². The highest BCUT2D eigenvalue weighted by atomic mass is 16.5. The molecule has 2 atom stereocenters. The first-order chi connectivity index (χ1) is 6.58. The molecule has 0 aliphatic carbocycles. The van der Waals surface area contributed by atoms with Crippen molar-refractivity contribution in [1.29, 1.82) is 0 Å². The fourth-order valence-corrected chi connectivity index (χ4v) is 1.50. The average Bonchev–Trinajstić information content (AvgIpc) is 2.13. The van der Waals surface area contributed by atoms with Gasteiger partial charge in [0.15, 0.2) is 0 Å². The zero-order valence-electron chi connectivity index (χ0n) is 8.95. The molecule has 0 rings (SSSR count). The van der Waals surface area contributed by atoms with Crippen molar-refractivity contribution in [3.05, 3.63) is 0 Å². The molecule has 0 aliphatic heterocycles. The molecule has 0 bridgehead atoms. The third-order valence-corrected chi connectivity index (χ3v) is 2.27. The van der Waals surface area contributed by atoms with E-state index in [1.54, 1.807) is 20.8 Å². The molecule has 2 unspecified atom stereocenters. The van der Waals surface area contributed by atoms with Crippen LogP contribution in [0.1, 0.15) is 33.6 Å². The Morgan fingerprint density at radius 1 is 1.14 bits per heavy atom. The minimum Gasteiger partial charge on any atom is -0.481 e. The van der Waals surface area contributed by atoms with Gasteiger partial charge in [0, 0.05) is 0 Å². The van der Waals surface area contributed by atoms with E-state index in [9.17, 15) is 9.59 Å². The van der Waals surface area contributed by atoms with Crippen molar-refractivity contribution >= 4 is 11.9 Å². The first kappa shape index (κ1) is 12.9. The Morgan fingerprint density at radius 2 is 1.64 bits per heavy atom. The van der Waals surface area contributed by atoms with Gasteiger partial charge in [0.05, 0.1) is 18.4 Å². The number of carbonyl (C=O) groups excluding carboxylic acids is 1. The molecule has 0 saturated carbocycles. The van der Waals surface area contributed by atoms with E-state index in [1.807, 2.05) is 0 Å². The summed E-state index contributed by atoms with van der Waals surface area (Å²) in [6.07, 6.45) is 0.955. The molecule has 0 amide bonds. The standard InChI is InChI=1S/C10H18O4/c1-4-7(9(11)12)8(5-2)10(13)14-6-3/h7-8H,4-6H2,1-3H3,(H,11,12). The Kier molecular flexibility index (Phi) is 5.92. The van der Waals surface area contributed by atoms with Gasteiger partial charge in [0.2, 0.25) is 0 Å². The summed E-state index contributed by atoms with van der Waals surface area (Å²) in [5.41, 5.74) is 0. The van der Waals surface area contributed by atoms with E-state index >= 15 is 0 Å². The Balaban J connectivity index is 4.50. The van der Waals surface area contributed by atoms with Crippen LogP contribution in [0.2, 0.25) is 0 Å². The van der Waals surface area contributed by atoms with Gasteiger partial charge >= 0.3 is 11.9 Å². The second kappa shape index (κ2) is 6.40. The van der Waals surface area contributed by atoms with Crippen LogP contribution in [0, 0.1) is 11.8 Å². The van der Waals surface area contributed by atoms with Crippen molar-refractivity contribution in [3.8, 4) is 0 Å². The Labute approximate surface area is 84.3 Å². The molecule has 0 aromatic carbocycles. The Bertz CT molecular complexity index is 200. The molecule has 4 heteroatoms. The normalized spacial score (nSPS) is 14.5. The Morgan fingerprint density at radius 3 is 1.93 bits per heavy atom. The smallest absolute Gasteiger partial charge is 0.309 e. The zero-order chi connectivity index (χ0) is 11.1. The highest BCUT2D eigenvalue weighted by molar-refractivity contribution is 5.81. The van der Waals surface area contributed by atoms with Crippen LogP contribution in [-0.2, 0) is 14.3 Å². The van der Waals surface area contributed by atoms with Gasteiger partial charge in [0.1, 0.15) is 0 Å². The van der Waals surface area contributed by atoms with Crippen LogP contribution in [0.4, 0.5) is 0 Å². The van der Waals surface area contributed by atoms with Crippen LogP contribution in [0.5, 0.6) is 0 Å². The summed E-state index contributed by atoms with van der Waals surface area (Å²) in [6, 6.07) is 0. The van der Waals surface area contributed by atoms with Gasteiger partial charge < -0.3 is 9.84 Å². The van der Waals surface area contributed by atoms with Crippen LogP contribution >= 0.6 is 0 Å². The molecule has 82 valence electrons. The topological polar surface area (TPSA) is 63.6 Å². The van der Waals surface area contributed by atoms with Gasteiger partial charge in [-0.3, -0.25) is 9.59 Å². The minimum atomic E-state index is -0.924. The van der Waals surface area contributed by atoms with E-state index in [4.69, 9.17) is 9.84 Å². The van der Waals surface area contributed by atoms with Crippen LogP contribution in [0.15, 0.2) is 0 Å². The first-order valence-electron chi connectivity index (χ1n) is 4.97. The van der Waals surface area contributed by atoms with Gasteiger partial charge in [-0.15, -0.1) is 0 Å². The fourth-order valence-electron chi connectivity index (χ4n) is 1.50. The number of aliphatic carboxylic acids is 1. The van der Waals surface area contributed by atoms with Gasteiger partial charge in [-0.05, 0) is 19.8 Å². The lowest BCUT2D eigenvalue weighted by molar-refractivity contribution is -0.157. The molecule has 4 nitrogen and oxygen atoms in total. The molecule has 0 aliphatic rings. The molecular weight excluding hydrogens is 184 g/mol. The van der Waals surface area contributed by atoms with Crippen LogP contribution in [0.3, 0.4) is 0 Å². The predicted molar refractivity (Wildman–Crippen MR) is 51.8 cm³/mol. The summed E-state index contributed by atoms with van der Waals surface area (Å²) in [5, 5.41) is 8.88. The van der Waals surface area contributed by atoms with Crippen LogP contribution in [-0.4, -0.2) is 23.7 Å². The third kappa shape index (κ3) is 3.36. The molecule has 0 saturated heterocycles. The monoisotopic (exact) mass is 202 g/mol. The minimum absolute atomic E-state index is 0.297. The number of carbonyl (C=O) groups is 2.